The van der Waals surface area contributed by atoms with Gasteiger partial charge < -0.3 is 19.3 Å². The van der Waals surface area contributed by atoms with Crippen LogP contribution in [-0.4, -0.2) is 31.8 Å². The summed E-state index contributed by atoms with van der Waals surface area (Å²) >= 11 is 0. The third-order valence-electron chi connectivity index (χ3n) is 5.77. The predicted molar refractivity (Wildman–Crippen MR) is 154 cm³/mol. The summed E-state index contributed by atoms with van der Waals surface area (Å²) in [5.74, 6) is -0.240. The molecule has 39 heavy (non-hydrogen) atoms. The Labute approximate surface area is 230 Å². The van der Waals surface area contributed by atoms with Gasteiger partial charge >= 0.3 is 11.9 Å². The molecule has 202 valence electrons. The van der Waals surface area contributed by atoms with Crippen LogP contribution in [0.1, 0.15) is 20.8 Å². The van der Waals surface area contributed by atoms with E-state index in [0.29, 0.717) is 0 Å². The molecule has 6 nitrogen and oxygen atoms in total. The van der Waals surface area contributed by atoms with Crippen LogP contribution in [0.4, 0.5) is 0 Å². The Morgan fingerprint density at radius 1 is 0.667 bits per heavy atom. The van der Waals surface area contributed by atoms with E-state index < -0.39 is 25.1 Å². The van der Waals surface area contributed by atoms with E-state index in [1.165, 1.54) is 6.08 Å². The number of carbonyl (C=O) groups excluding carboxylic acids is 2. The second-order valence-electron chi connectivity index (χ2n) is 8.21. The van der Waals surface area contributed by atoms with E-state index in [1.54, 1.807) is 20.8 Å². The third-order valence-corrected chi connectivity index (χ3v) is 9.75. The molecule has 0 aliphatic carbocycles. The number of esters is 2. The van der Waals surface area contributed by atoms with E-state index in [-0.39, 0.29) is 31.0 Å². The first-order valence-corrected chi connectivity index (χ1v) is 14.7. The van der Waals surface area contributed by atoms with Crippen LogP contribution in [0, 0.1) is 0 Å². The Morgan fingerprint density at radius 3 is 1.51 bits per heavy atom. The number of ether oxygens (including phenoxy) is 3. The van der Waals surface area contributed by atoms with E-state index in [9.17, 15) is 14.7 Å². The van der Waals surface area contributed by atoms with Crippen LogP contribution in [-0.2, 0) is 23.8 Å². The van der Waals surface area contributed by atoms with E-state index in [1.807, 2.05) is 96.8 Å². The molecule has 3 aromatic carbocycles. The first-order chi connectivity index (χ1) is 19.0. The highest BCUT2D eigenvalue weighted by Gasteiger charge is 2.45. The first kappa shape index (κ1) is 29.4. The highest BCUT2D eigenvalue weighted by Crippen LogP contribution is 2.58. The van der Waals surface area contributed by atoms with Crippen molar-refractivity contribution in [2.24, 2.45) is 0 Å². The molecule has 7 heteroatoms. The molecule has 0 bridgehead atoms. The van der Waals surface area contributed by atoms with E-state index in [2.05, 4.69) is 0 Å². The molecule has 0 saturated heterocycles. The highest BCUT2D eigenvalue weighted by molar-refractivity contribution is 7.98. The van der Waals surface area contributed by atoms with Gasteiger partial charge in [0.15, 0.2) is 0 Å². The third kappa shape index (κ3) is 7.24. The largest absolute Gasteiger partial charge is 0.613 e. The van der Waals surface area contributed by atoms with Gasteiger partial charge in [-0.15, -0.1) is 0 Å². The molecule has 0 unspecified atom stereocenters. The fourth-order valence-electron chi connectivity index (χ4n) is 4.11. The molecule has 0 radical (unpaired) electrons. The lowest BCUT2D eigenvalue weighted by Gasteiger charge is -2.26. The molecule has 3 rings (SSSR count). The normalized spacial score (nSPS) is 12.5. The van der Waals surface area contributed by atoms with E-state index >= 15 is 0 Å². The van der Waals surface area contributed by atoms with Crippen molar-refractivity contribution in [3.05, 3.63) is 126 Å². The van der Waals surface area contributed by atoms with Crippen LogP contribution < -0.4 is 21.0 Å². The predicted octanol–water partition coefficient (Wildman–Crippen LogP) is 4.16. The van der Waals surface area contributed by atoms with Gasteiger partial charge in [0.2, 0.25) is 0 Å². The van der Waals surface area contributed by atoms with E-state index in [4.69, 9.17) is 14.2 Å². The lowest BCUT2D eigenvalue weighted by molar-refractivity contribution is -0.357. The molecule has 3 aromatic rings. The van der Waals surface area contributed by atoms with Crippen molar-refractivity contribution in [3.8, 4) is 0 Å². The van der Waals surface area contributed by atoms with Gasteiger partial charge in [0, 0.05) is 11.6 Å². The van der Waals surface area contributed by atoms with Gasteiger partial charge in [0.05, 0.1) is 25.0 Å². The van der Waals surface area contributed by atoms with Gasteiger partial charge in [0.1, 0.15) is 28.7 Å². The maximum Gasteiger partial charge on any atom is 0.342 e. The highest BCUT2D eigenvalue weighted by atomic mass is 31.2. The second-order valence-corrected chi connectivity index (χ2v) is 11.5. The summed E-state index contributed by atoms with van der Waals surface area (Å²) in [5.41, 5.74) is -0.0729. The van der Waals surface area contributed by atoms with Gasteiger partial charge in [-0.25, -0.2) is 9.59 Å². The average Bonchev–Trinajstić information content (AvgIpc) is 2.96. The molecule has 0 spiro atoms. The standard InChI is InChI=1S/C32H33O6P/c1-4-36-30(33)23-22-28(31(34)37-5-2)29(32(35)38-6-3)24-39(25-16-10-7-11-17-25,26-18-12-8-13-19-26)27-20-14-9-15-21-27/h7-24H,4-6H2,1-3H3/b29-24+. The number of carbonyl (C=O) groups is 2. The summed E-state index contributed by atoms with van der Waals surface area (Å²) in [5, 5.41) is 16.2. The molecule has 0 heterocycles. The molecular formula is C32H33O6P. The monoisotopic (exact) mass is 544 g/mol. The summed E-state index contributed by atoms with van der Waals surface area (Å²) in [6, 6.07) is 29.6. The van der Waals surface area contributed by atoms with Crippen LogP contribution in [0.5, 0.6) is 0 Å². The average molecular weight is 545 g/mol. The van der Waals surface area contributed by atoms with Crippen molar-refractivity contribution in [2.45, 2.75) is 20.8 Å². The van der Waals surface area contributed by atoms with Crippen molar-refractivity contribution < 1.29 is 28.9 Å². The summed E-state index contributed by atoms with van der Waals surface area (Å²) in [6.07, 6.45) is 2.39. The number of hydrogen-bond donors (Lipinski definition) is 0. The van der Waals surface area contributed by atoms with Crippen LogP contribution in [0.15, 0.2) is 126 Å². The Balaban J connectivity index is 2.46. The Morgan fingerprint density at radius 2 is 1.10 bits per heavy atom. The maximum absolute atomic E-state index is 13.6. The summed E-state index contributed by atoms with van der Waals surface area (Å²) in [6.45, 7) is 5.41. The van der Waals surface area contributed by atoms with Gasteiger partial charge in [-0.3, -0.25) is 0 Å². The SMILES string of the molecule is CCOC(=O)/C=C/C(C(=C\[P+](c1ccccc1)(c1ccccc1)c1ccccc1)/C(=O)OCC)=C(/[O-])OCC. The zero-order chi connectivity index (χ0) is 28.1. The molecule has 0 amide bonds. The minimum Gasteiger partial charge on any atom is -0.613 e. The molecule has 0 N–H and O–H groups in total. The summed E-state index contributed by atoms with van der Waals surface area (Å²) in [4.78, 5) is 25.8. The van der Waals surface area contributed by atoms with E-state index in [0.717, 1.165) is 22.0 Å². The Bertz CT molecular complexity index is 1220. The zero-order valence-corrected chi connectivity index (χ0v) is 23.3. The van der Waals surface area contributed by atoms with Crippen molar-refractivity contribution in [1.29, 1.82) is 0 Å². The lowest BCUT2D eigenvalue weighted by Crippen LogP contribution is -2.30. The molecule has 0 aliphatic rings. The van der Waals surface area contributed by atoms with Crippen LogP contribution in [0.2, 0.25) is 0 Å². The van der Waals surface area contributed by atoms with Crippen molar-refractivity contribution in [3.63, 3.8) is 0 Å². The summed E-state index contributed by atoms with van der Waals surface area (Å²) < 4.78 is 15.8. The molecule has 0 saturated carbocycles. The smallest absolute Gasteiger partial charge is 0.342 e. The van der Waals surface area contributed by atoms with Gasteiger partial charge in [-0.05, 0) is 62.9 Å². The second kappa shape index (κ2) is 14.7. The van der Waals surface area contributed by atoms with Crippen LogP contribution in [0.3, 0.4) is 0 Å². The molecule has 0 aliphatic heterocycles. The number of allylic oxidation sites excluding steroid dienone is 1. The Kier molecular flexibility index (Phi) is 11.1. The molecular weight excluding hydrogens is 511 g/mol. The van der Waals surface area contributed by atoms with Crippen LogP contribution >= 0.6 is 7.26 Å². The van der Waals surface area contributed by atoms with Crippen LogP contribution in [0.25, 0.3) is 0 Å². The van der Waals surface area contributed by atoms with Gasteiger partial charge in [0.25, 0.3) is 0 Å². The first-order valence-electron chi connectivity index (χ1n) is 12.8. The topological polar surface area (TPSA) is 84.9 Å². The molecule has 0 fully saturated rings. The zero-order valence-electron chi connectivity index (χ0n) is 22.4. The molecule has 0 aromatic heterocycles. The minimum absolute atomic E-state index is 0.0146. The Hall–Kier alpha value is -4.15. The fraction of sp³-hybridized carbons (Fsp3) is 0.188. The number of benzene rings is 3. The van der Waals surface area contributed by atoms with Crippen molar-refractivity contribution in [1.82, 2.24) is 0 Å². The summed E-state index contributed by atoms with van der Waals surface area (Å²) in [7, 11) is -2.70. The molecule has 0 atom stereocenters. The minimum atomic E-state index is -2.70. The number of rotatable bonds is 12. The fourth-order valence-corrected chi connectivity index (χ4v) is 8.01. The maximum atomic E-state index is 13.6. The van der Waals surface area contributed by atoms with Crippen molar-refractivity contribution >= 4 is 35.1 Å². The van der Waals surface area contributed by atoms with Gasteiger partial charge in [-0.2, -0.15) is 0 Å². The quantitative estimate of drug-likeness (QED) is 0.112. The number of hydrogen-bond acceptors (Lipinski definition) is 6. The van der Waals surface area contributed by atoms with Gasteiger partial charge in [-0.1, -0.05) is 61.5 Å². The lowest BCUT2D eigenvalue weighted by atomic mass is 10.1. The van der Waals surface area contributed by atoms with Crippen molar-refractivity contribution in [2.75, 3.05) is 19.8 Å².